The van der Waals surface area contributed by atoms with E-state index in [0.29, 0.717) is 17.5 Å². The molecule has 0 bridgehead atoms. The molecular formula is C51H30N4O2. The summed E-state index contributed by atoms with van der Waals surface area (Å²) in [6.07, 6.45) is 0. The van der Waals surface area contributed by atoms with Gasteiger partial charge in [0.15, 0.2) is 17.5 Å². The molecule has 0 saturated carbocycles. The Bertz CT molecular complexity index is 3470. The average Bonchev–Trinajstić information content (AvgIpc) is 3.95. The maximum Gasteiger partial charge on any atom is 0.164 e. The lowest BCUT2D eigenvalue weighted by Gasteiger charge is -2.09. The predicted molar refractivity (Wildman–Crippen MR) is 230 cm³/mol. The van der Waals surface area contributed by atoms with Gasteiger partial charge in [0, 0.05) is 60.8 Å². The van der Waals surface area contributed by atoms with E-state index in [9.17, 15) is 0 Å². The second kappa shape index (κ2) is 12.3. The molecule has 266 valence electrons. The van der Waals surface area contributed by atoms with E-state index >= 15 is 0 Å². The minimum absolute atomic E-state index is 0.564. The SMILES string of the molecule is c1ccc(-c2nc(-c3ccc4c(c3)oc3cc(-n5c6ccccc6c6ccccc65)ccc34)nc(-c3ccc4oc5cccc(-c6ccccc6)c5c4c3)n2)cc1. The van der Waals surface area contributed by atoms with E-state index in [-0.39, 0.29) is 0 Å². The van der Waals surface area contributed by atoms with Gasteiger partial charge in [-0.1, -0.05) is 115 Å². The third kappa shape index (κ3) is 5.01. The Morgan fingerprint density at radius 3 is 1.61 bits per heavy atom. The van der Waals surface area contributed by atoms with Crippen molar-refractivity contribution in [3.63, 3.8) is 0 Å². The van der Waals surface area contributed by atoms with Crippen molar-refractivity contribution in [2.24, 2.45) is 0 Å². The molecule has 6 nitrogen and oxygen atoms in total. The van der Waals surface area contributed by atoms with Crippen LogP contribution >= 0.6 is 0 Å². The van der Waals surface area contributed by atoms with Crippen LogP contribution in [0, 0.1) is 0 Å². The molecule has 4 heterocycles. The van der Waals surface area contributed by atoms with E-state index in [1.807, 2.05) is 66.7 Å². The average molecular weight is 731 g/mol. The number of para-hydroxylation sites is 2. The molecule has 0 fully saturated rings. The van der Waals surface area contributed by atoms with Gasteiger partial charge in [-0.25, -0.2) is 15.0 Å². The zero-order valence-corrected chi connectivity index (χ0v) is 30.4. The van der Waals surface area contributed by atoms with Crippen LogP contribution in [-0.4, -0.2) is 19.5 Å². The third-order valence-electron chi connectivity index (χ3n) is 11.1. The van der Waals surface area contributed by atoms with Gasteiger partial charge >= 0.3 is 0 Å². The summed E-state index contributed by atoms with van der Waals surface area (Å²) < 4.78 is 15.3. The molecule has 0 radical (unpaired) electrons. The minimum Gasteiger partial charge on any atom is -0.456 e. The molecule has 0 atom stereocenters. The number of benzene rings is 8. The lowest BCUT2D eigenvalue weighted by molar-refractivity contribution is 0.668. The molecule has 0 aliphatic rings. The molecule has 0 aliphatic heterocycles. The molecule has 0 aliphatic carbocycles. The largest absolute Gasteiger partial charge is 0.456 e. The Labute approximate surface area is 325 Å². The van der Waals surface area contributed by atoms with Crippen molar-refractivity contribution < 1.29 is 8.83 Å². The second-order valence-electron chi connectivity index (χ2n) is 14.4. The third-order valence-corrected chi connectivity index (χ3v) is 11.1. The van der Waals surface area contributed by atoms with Gasteiger partial charge in [-0.15, -0.1) is 0 Å². The zero-order chi connectivity index (χ0) is 37.5. The van der Waals surface area contributed by atoms with Crippen LogP contribution in [0.2, 0.25) is 0 Å². The van der Waals surface area contributed by atoms with E-state index in [0.717, 1.165) is 88.4 Å². The Balaban J connectivity index is 1.00. The maximum absolute atomic E-state index is 6.64. The van der Waals surface area contributed by atoms with Gasteiger partial charge in [-0.3, -0.25) is 0 Å². The number of hydrogen-bond acceptors (Lipinski definition) is 5. The fourth-order valence-corrected chi connectivity index (χ4v) is 8.42. The van der Waals surface area contributed by atoms with Crippen molar-refractivity contribution >= 4 is 65.7 Å². The smallest absolute Gasteiger partial charge is 0.164 e. The van der Waals surface area contributed by atoms with E-state index in [2.05, 4.69) is 120 Å². The Hall–Kier alpha value is -7.83. The number of rotatable bonds is 5. The van der Waals surface area contributed by atoms with Crippen molar-refractivity contribution in [1.82, 2.24) is 19.5 Å². The first-order valence-electron chi connectivity index (χ1n) is 19.0. The Kier molecular flexibility index (Phi) is 6.83. The molecule has 8 aromatic carbocycles. The highest BCUT2D eigenvalue weighted by molar-refractivity contribution is 6.13. The fraction of sp³-hybridized carbons (Fsp3) is 0. The first-order valence-corrected chi connectivity index (χ1v) is 19.0. The topological polar surface area (TPSA) is 69.9 Å². The van der Waals surface area contributed by atoms with Crippen LogP contribution in [0.1, 0.15) is 0 Å². The lowest BCUT2D eigenvalue weighted by atomic mass is 9.99. The van der Waals surface area contributed by atoms with Gasteiger partial charge in [-0.05, 0) is 71.8 Å². The highest BCUT2D eigenvalue weighted by atomic mass is 16.3. The second-order valence-corrected chi connectivity index (χ2v) is 14.4. The molecule has 0 amide bonds. The Morgan fingerprint density at radius 2 is 0.895 bits per heavy atom. The normalized spacial score (nSPS) is 11.9. The van der Waals surface area contributed by atoms with Gasteiger partial charge in [-0.2, -0.15) is 0 Å². The molecule has 0 spiro atoms. The molecular weight excluding hydrogens is 701 g/mol. The van der Waals surface area contributed by atoms with Gasteiger partial charge < -0.3 is 13.4 Å². The summed E-state index contributed by atoms with van der Waals surface area (Å²) >= 11 is 0. The summed E-state index contributed by atoms with van der Waals surface area (Å²) in [7, 11) is 0. The quantitative estimate of drug-likeness (QED) is 0.176. The molecule has 12 rings (SSSR count). The van der Waals surface area contributed by atoms with Crippen LogP contribution in [0.3, 0.4) is 0 Å². The molecule has 0 N–H and O–H groups in total. The van der Waals surface area contributed by atoms with Crippen LogP contribution in [-0.2, 0) is 0 Å². The number of furan rings is 2. The molecule has 12 aromatic rings. The standard InChI is InChI=1S/C51H30N4O2/c1-3-12-31(13-4-1)36-18-11-21-45-48(36)41-28-33(23-27-44(41)56-45)50-52-49(32-14-5-2-6-15-32)53-51(54-50)34-22-25-39-40-26-24-35(30-47(40)57-46(39)29-34)55-42-19-9-7-16-37(42)38-17-8-10-20-43(38)55/h1-30H. The molecule has 57 heavy (non-hydrogen) atoms. The van der Waals surface area contributed by atoms with Crippen molar-refractivity contribution in [2.45, 2.75) is 0 Å². The van der Waals surface area contributed by atoms with E-state index in [1.54, 1.807) is 0 Å². The van der Waals surface area contributed by atoms with Crippen LogP contribution in [0.5, 0.6) is 0 Å². The molecule has 6 heteroatoms. The lowest BCUT2D eigenvalue weighted by Crippen LogP contribution is -2.00. The van der Waals surface area contributed by atoms with Gasteiger partial charge in [0.05, 0.1) is 11.0 Å². The first kappa shape index (κ1) is 31.5. The summed E-state index contributed by atoms with van der Waals surface area (Å²) in [4.78, 5) is 15.2. The van der Waals surface area contributed by atoms with Crippen LogP contribution in [0.25, 0.3) is 117 Å². The van der Waals surface area contributed by atoms with Gasteiger partial charge in [0.2, 0.25) is 0 Å². The van der Waals surface area contributed by atoms with Gasteiger partial charge in [0.25, 0.3) is 0 Å². The number of hydrogen-bond donors (Lipinski definition) is 0. The highest BCUT2D eigenvalue weighted by Crippen LogP contribution is 2.40. The van der Waals surface area contributed by atoms with Crippen LogP contribution in [0.15, 0.2) is 191 Å². The van der Waals surface area contributed by atoms with Crippen LogP contribution < -0.4 is 0 Å². The molecule has 4 aromatic heterocycles. The van der Waals surface area contributed by atoms with Crippen molar-refractivity contribution in [1.29, 1.82) is 0 Å². The summed E-state index contributed by atoms with van der Waals surface area (Å²) in [5.74, 6) is 1.74. The Morgan fingerprint density at radius 1 is 0.333 bits per heavy atom. The number of nitrogens with zero attached hydrogens (tertiary/aromatic N) is 4. The fourth-order valence-electron chi connectivity index (χ4n) is 8.42. The monoisotopic (exact) mass is 730 g/mol. The van der Waals surface area contributed by atoms with Crippen molar-refractivity contribution in [3.05, 3.63) is 182 Å². The minimum atomic E-state index is 0.564. The first-order chi connectivity index (χ1) is 28.2. The van der Waals surface area contributed by atoms with E-state index in [4.69, 9.17) is 23.8 Å². The predicted octanol–water partition coefficient (Wildman–Crippen LogP) is 13.4. The summed E-state index contributed by atoms with van der Waals surface area (Å²) in [6, 6.07) is 62.7. The van der Waals surface area contributed by atoms with E-state index < -0.39 is 0 Å². The summed E-state index contributed by atoms with van der Waals surface area (Å²) in [5, 5.41) is 6.61. The van der Waals surface area contributed by atoms with E-state index in [1.165, 1.54) is 10.8 Å². The zero-order valence-electron chi connectivity index (χ0n) is 30.4. The molecule has 0 unspecified atom stereocenters. The maximum atomic E-state index is 6.64. The summed E-state index contributed by atoms with van der Waals surface area (Å²) in [6.45, 7) is 0. The van der Waals surface area contributed by atoms with Crippen LogP contribution in [0.4, 0.5) is 0 Å². The van der Waals surface area contributed by atoms with Crippen molar-refractivity contribution in [2.75, 3.05) is 0 Å². The summed E-state index contributed by atoms with van der Waals surface area (Å²) in [5.41, 5.74) is 11.5. The number of fused-ring (bicyclic) bond motifs is 9. The highest BCUT2D eigenvalue weighted by Gasteiger charge is 2.19. The van der Waals surface area contributed by atoms with Crippen molar-refractivity contribution in [3.8, 4) is 51.0 Å². The number of aromatic nitrogens is 4. The molecule has 0 saturated heterocycles. The van der Waals surface area contributed by atoms with Gasteiger partial charge in [0.1, 0.15) is 22.3 Å².